The van der Waals surface area contributed by atoms with Crippen molar-refractivity contribution in [3.05, 3.63) is 64.7 Å². The Balaban J connectivity index is 1.81. The number of primary amides is 1. The van der Waals surface area contributed by atoms with Crippen LogP contribution in [0.3, 0.4) is 0 Å². The largest absolute Gasteiger partial charge is 0.493 e. The second-order valence-electron chi connectivity index (χ2n) is 5.33. The van der Waals surface area contributed by atoms with Gasteiger partial charge in [0.2, 0.25) is 11.8 Å². The van der Waals surface area contributed by atoms with Crippen LogP contribution in [-0.2, 0) is 4.79 Å². The standard InChI is InChI=1S/C18H19ClN2O3/c1-12(13-4-2-6-15(19)10-13)21-17(22)8-9-24-16-7-3-5-14(11-16)18(20)23/h2-7,10-12H,8-9H2,1H3,(H2,20,23)(H,21,22)/t12-/m0/s1. The molecule has 6 heteroatoms. The number of carbonyl (C=O) groups excluding carboxylic acids is 2. The molecule has 0 saturated carbocycles. The first-order chi connectivity index (χ1) is 11.5. The van der Waals surface area contributed by atoms with Gasteiger partial charge in [-0.1, -0.05) is 29.8 Å². The van der Waals surface area contributed by atoms with Crippen molar-refractivity contribution in [2.24, 2.45) is 5.73 Å². The van der Waals surface area contributed by atoms with Gasteiger partial charge in [0.15, 0.2) is 0 Å². The lowest BCUT2D eigenvalue weighted by Crippen LogP contribution is -2.27. The van der Waals surface area contributed by atoms with Gasteiger partial charge < -0.3 is 15.8 Å². The van der Waals surface area contributed by atoms with E-state index >= 15 is 0 Å². The number of nitrogens with one attached hydrogen (secondary N) is 1. The summed E-state index contributed by atoms with van der Waals surface area (Å²) in [5.41, 5.74) is 6.52. The summed E-state index contributed by atoms with van der Waals surface area (Å²) >= 11 is 5.95. The Morgan fingerprint density at radius 2 is 1.96 bits per heavy atom. The highest BCUT2D eigenvalue weighted by Crippen LogP contribution is 2.17. The van der Waals surface area contributed by atoms with Crippen LogP contribution in [0.1, 0.15) is 35.3 Å². The third-order valence-electron chi connectivity index (χ3n) is 3.44. The summed E-state index contributed by atoms with van der Waals surface area (Å²) in [7, 11) is 0. The van der Waals surface area contributed by atoms with Gasteiger partial charge in [0.25, 0.3) is 0 Å². The van der Waals surface area contributed by atoms with Gasteiger partial charge in [0, 0.05) is 10.6 Å². The molecule has 3 N–H and O–H groups in total. The molecule has 0 spiro atoms. The van der Waals surface area contributed by atoms with Crippen LogP contribution in [0.2, 0.25) is 5.02 Å². The highest BCUT2D eigenvalue weighted by Gasteiger charge is 2.10. The normalized spacial score (nSPS) is 11.6. The number of halogens is 1. The Morgan fingerprint density at radius 1 is 1.21 bits per heavy atom. The number of amides is 2. The van der Waals surface area contributed by atoms with E-state index in [1.165, 1.54) is 0 Å². The van der Waals surface area contributed by atoms with Crippen molar-refractivity contribution in [2.45, 2.75) is 19.4 Å². The molecule has 24 heavy (non-hydrogen) atoms. The first kappa shape index (κ1) is 17.8. The average Bonchev–Trinajstić information content (AvgIpc) is 2.55. The maximum Gasteiger partial charge on any atom is 0.248 e. The molecule has 5 nitrogen and oxygen atoms in total. The van der Waals surface area contributed by atoms with Crippen molar-refractivity contribution in [3.8, 4) is 5.75 Å². The fraction of sp³-hybridized carbons (Fsp3) is 0.222. The molecule has 1 atom stereocenters. The molecule has 0 unspecified atom stereocenters. The van der Waals surface area contributed by atoms with E-state index in [9.17, 15) is 9.59 Å². The van der Waals surface area contributed by atoms with Gasteiger partial charge in [0.1, 0.15) is 5.75 Å². The van der Waals surface area contributed by atoms with Crippen LogP contribution in [0.15, 0.2) is 48.5 Å². The number of benzene rings is 2. The number of ether oxygens (including phenoxy) is 1. The molecule has 0 saturated heterocycles. The maximum absolute atomic E-state index is 12.0. The van der Waals surface area contributed by atoms with Crippen molar-refractivity contribution in [3.63, 3.8) is 0 Å². The first-order valence-electron chi connectivity index (χ1n) is 7.53. The molecule has 2 aromatic rings. The highest BCUT2D eigenvalue weighted by atomic mass is 35.5. The zero-order valence-corrected chi connectivity index (χ0v) is 14.0. The van der Waals surface area contributed by atoms with Crippen LogP contribution in [0.4, 0.5) is 0 Å². The molecule has 2 aromatic carbocycles. The average molecular weight is 347 g/mol. The van der Waals surface area contributed by atoms with Crippen LogP contribution in [0.5, 0.6) is 5.75 Å². The van der Waals surface area contributed by atoms with Crippen molar-refractivity contribution in [1.82, 2.24) is 5.32 Å². The van der Waals surface area contributed by atoms with E-state index in [1.807, 2.05) is 25.1 Å². The number of rotatable bonds is 7. The van der Waals surface area contributed by atoms with E-state index in [0.29, 0.717) is 16.3 Å². The summed E-state index contributed by atoms with van der Waals surface area (Å²) in [5, 5.41) is 3.52. The lowest BCUT2D eigenvalue weighted by Gasteiger charge is -2.15. The van der Waals surface area contributed by atoms with E-state index in [4.69, 9.17) is 22.1 Å². The molecule has 0 aliphatic rings. The van der Waals surface area contributed by atoms with Crippen LogP contribution in [0.25, 0.3) is 0 Å². The van der Waals surface area contributed by atoms with Crippen molar-refractivity contribution in [1.29, 1.82) is 0 Å². The fourth-order valence-electron chi connectivity index (χ4n) is 2.17. The molecule has 2 rings (SSSR count). The van der Waals surface area contributed by atoms with Gasteiger partial charge in [-0.2, -0.15) is 0 Å². The molecule has 126 valence electrons. The minimum absolute atomic E-state index is 0.131. The van der Waals surface area contributed by atoms with Crippen LogP contribution < -0.4 is 15.8 Å². The predicted octanol–water partition coefficient (Wildman–Crippen LogP) is 3.09. The topological polar surface area (TPSA) is 81.4 Å². The SMILES string of the molecule is C[C@H](NC(=O)CCOc1cccc(C(N)=O)c1)c1cccc(Cl)c1. The Morgan fingerprint density at radius 3 is 2.67 bits per heavy atom. The van der Waals surface area contributed by atoms with E-state index < -0.39 is 5.91 Å². The van der Waals surface area contributed by atoms with Gasteiger partial charge in [-0.3, -0.25) is 9.59 Å². The number of carbonyl (C=O) groups is 2. The summed E-state index contributed by atoms with van der Waals surface area (Å²) in [5.74, 6) is -0.149. The van der Waals surface area contributed by atoms with Gasteiger partial charge in [-0.25, -0.2) is 0 Å². The molecule has 2 amide bonds. The minimum atomic E-state index is -0.520. The molecule has 0 radical (unpaired) electrons. The summed E-state index contributed by atoms with van der Waals surface area (Å²) in [6.07, 6.45) is 0.200. The first-order valence-corrected chi connectivity index (χ1v) is 7.91. The van der Waals surface area contributed by atoms with Gasteiger partial charge >= 0.3 is 0 Å². The van der Waals surface area contributed by atoms with E-state index in [2.05, 4.69) is 5.32 Å². The Bertz CT molecular complexity index is 734. The van der Waals surface area contributed by atoms with Gasteiger partial charge in [-0.05, 0) is 42.8 Å². The van der Waals surface area contributed by atoms with E-state index in [-0.39, 0.29) is 25.0 Å². The Hall–Kier alpha value is -2.53. The van der Waals surface area contributed by atoms with Crippen molar-refractivity contribution < 1.29 is 14.3 Å². The molecule has 0 heterocycles. The number of hydrogen-bond donors (Lipinski definition) is 2. The minimum Gasteiger partial charge on any atom is -0.493 e. The molecular weight excluding hydrogens is 328 g/mol. The summed E-state index contributed by atoms with van der Waals surface area (Å²) < 4.78 is 5.48. The molecule has 0 aliphatic heterocycles. The zero-order valence-electron chi connectivity index (χ0n) is 13.3. The third-order valence-corrected chi connectivity index (χ3v) is 3.68. The molecule has 0 aromatic heterocycles. The molecular formula is C18H19ClN2O3. The summed E-state index contributed by atoms with van der Waals surface area (Å²) in [4.78, 5) is 23.1. The van der Waals surface area contributed by atoms with Gasteiger partial charge in [0.05, 0.1) is 19.1 Å². The van der Waals surface area contributed by atoms with Gasteiger partial charge in [-0.15, -0.1) is 0 Å². The third kappa shape index (κ3) is 5.28. The zero-order chi connectivity index (χ0) is 17.5. The molecule has 0 aliphatic carbocycles. The molecule has 0 bridgehead atoms. The number of hydrogen-bond acceptors (Lipinski definition) is 3. The lowest BCUT2D eigenvalue weighted by atomic mass is 10.1. The fourth-order valence-corrected chi connectivity index (χ4v) is 2.37. The monoisotopic (exact) mass is 346 g/mol. The maximum atomic E-state index is 12.0. The summed E-state index contributed by atoms with van der Waals surface area (Å²) in [6.45, 7) is 2.09. The van der Waals surface area contributed by atoms with E-state index in [0.717, 1.165) is 5.56 Å². The van der Waals surface area contributed by atoms with Crippen LogP contribution in [-0.4, -0.2) is 18.4 Å². The Labute approximate surface area is 145 Å². The molecule has 0 fully saturated rings. The van der Waals surface area contributed by atoms with Crippen LogP contribution >= 0.6 is 11.6 Å². The lowest BCUT2D eigenvalue weighted by molar-refractivity contribution is -0.122. The predicted molar refractivity (Wildman–Crippen MR) is 93.1 cm³/mol. The quantitative estimate of drug-likeness (QED) is 0.808. The van der Waals surface area contributed by atoms with Crippen LogP contribution in [0, 0.1) is 0 Å². The Kier molecular flexibility index (Phi) is 6.21. The summed E-state index contributed by atoms with van der Waals surface area (Å²) in [6, 6.07) is 13.7. The van der Waals surface area contributed by atoms with Crippen molar-refractivity contribution in [2.75, 3.05) is 6.61 Å². The number of nitrogens with two attached hydrogens (primary N) is 1. The van der Waals surface area contributed by atoms with Crippen molar-refractivity contribution >= 4 is 23.4 Å². The highest BCUT2D eigenvalue weighted by molar-refractivity contribution is 6.30. The second kappa shape index (κ2) is 8.36. The van der Waals surface area contributed by atoms with E-state index in [1.54, 1.807) is 30.3 Å². The smallest absolute Gasteiger partial charge is 0.248 e. The second-order valence-corrected chi connectivity index (χ2v) is 5.77.